The summed E-state index contributed by atoms with van der Waals surface area (Å²) in [7, 11) is -3.88. The van der Waals surface area contributed by atoms with Gasteiger partial charge in [-0.05, 0) is 74.8 Å². The summed E-state index contributed by atoms with van der Waals surface area (Å²) in [5.41, 5.74) is 1.82. The Morgan fingerprint density at radius 1 is 1.04 bits per heavy atom. The van der Waals surface area contributed by atoms with E-state index in [0.717, 1.165) is 18.6 Å². The number of hydrogen-bond donors (Lipinski definition) is 1. The Morgan fingerprint density at radius 2 is 1.70 bits per heavy atom. The minimum Gasteiger partial charge on any atom is -0.508 e. The Labute approximate surface area is 161 Å². The SMILES string of the molecule is CCOc1ccc([C@H]2CC[C@H](OS(=O)(=O)c3cc(O)ccc3C)CC2)cc1. The molecule has 1 saturated carbocycles. The largest absolute Gasteiger partial charge is 0.508 e. The quantitative estimate of drug-likeness (QED) is 0.734. The summed E-state index contributed by atoms with van der Waals surface area (Å²) in [6, 6.07) is 12.4. The lowest BCUT2D eigenvalue weighted by Crippen LogP contribution is -2.24. The van der Waals surface area contributed by atoms with Crippen LogP contribution in [0, 0.1) is 6.92 Å². The molecule has 0 saturated heterocycles. The summed E-state index contributed by atoms with van der Waals surface area (Å²) in [5, 5.41) is 9.59. The molecule has 1 aliphatic rings. The van der Waals surface area contributed by atoms with Gasteiger partial charge < -0.3 is 9.84 Å². The Hall–Kier alpha value is -2.05. The van der Waals surface area contributed by atoms with Crippen LogP contribution in [-0.4, -0.2) is 26.2 Å². The van der Waals surface area contributed by atoms with Gasteiger partial charge in [-0.1, -0.05) is 18.2 Å². The van der Waals surface area contributed by atoms with E-state index in [4.69, 9.17) is 8.92 Å². The van der Waals surface area contributed by atoms with Crippen LogP contribution >= 0.6 is 0 Å². The fraction of sp³-hybridized carbons (Fsp3) is 0.429. The number of ether oxygens (including phenoxy) is 1. The maximum atomic E-state index is 12.6. The highest BCUT2D eigenvalue weighted by Crippen LogP contribution is 2.36. The zero-order valence-corrected chi connectivity index (χ0v) is 16.5. The van der Waals surface area contributed by atoms with E-state index < -0.39 is 10.1 Å². The lowest BCUT2D eigenvalue weighted by molar-refractivity contribution is 0.153. The van der Waals surface area contributed by atoms with Crippen LogP contribution < -0.4 is 4.74 Å². The summed E-state index contributed by atoms with van der Waals surface area (Å²) < 4.78 is 36.1. The lowest BCUT2D eigenvalue weighted by Gasteiger charge is -2.28. The van der Waals surface area contributed by atoms with Crippen molar-refractivity contribution in [1.29, 1.82) is 0 Å². The molecule has 27 heavy (non-hydrogen) atoms. The number of benzene rings is 2. The van der Waals surface area contributed by atoms with Crippen LogP contribution in [0.2, 0.25) is 0 Å². The van der Waals surface area contributed by atoms with Gasteiger partial charge in [-0.15, -0.1) is 0 Å². The summed E-state index contributed by atoms with van der Waals surface area (Å²) in [6.07, 6.45) is 2.82. The molecule has 1 aliphatic carbocycles. The highest BCUT2D eigenvalue weighted by molar-refractivity contribution is 7.86. The van der Waals surface area contributed by atoms with Crippen LogP contribution in [0.4, 0.5) is 0 Å². The van der Waals surface area contributed by atoms with Gasteiger partial charge in [0, 0.05) is 6.07 Å². The van der Waals surface area contributed by atoms with Crippen LogP contribution in [0.3, 0.4) is 0 Å². The monoisotopic (exact) mass is 390 g/mol. The predicted molar refractivity (Wildman–Crippen MR) is 104 cm³/mol. The van der Waals surface area contributed by atoms with Gasteiger partial charge in [-0.3, -0.25) is 4.18 Å². The lowest BCUT2D eigenvalue weighted by atomic mass is 9.83. The molecule has 3 rings (SSSR count). The molecule has 2 aromatic rings. The van der Waals surface area contributed by atoms with Crippen molar-refractivity contribution in [3.63, 3.8) is 0 Å². The number of aromatic hydroxyl groups is 1. The average molecular weight is 391 g/mol. The molecular weight excluding hydrogens is 364 g/mol. The van der Waals surface area contributed by atoms with Crippen molar-refractivity contribution >= 4 is 10.1 Å². The summed E-state index contributed by atoms with van der Waals surface area (Å²) >= 11 is 0. The highest BCUT2D eigenvalue weighted by atomic mass is 32.2. The van der Waals surface area contributed by atoms with Gasteiger partial charge in [0.25, 0.3) is 10.1 Å². The average Bonchev–Trinajstić information content (AvgIpc) is 2.65. The number of aryl methyl sites for hydroxylation is 1. The number of phenolic OH excluding ortho intramolecular Hbond substituents is 1. The third-order valence-electron chi connectivity index (χ3n) is 5.04. The van der Waals surface area contributed by atoms with Crippen LogP contribution in [0.5, 0.6) is 11.5 Å². The molecule has 0 atom stereocenters. The van der Waals surface area contributed by atoms with Crippen molar-refractivity contribution in [2.45, 2.75) is 56.4 Å². The summed E-state index contributed by atoms with van der Waals surface area (Å²) in [6.45, 7) is 4.30. The van der Waals surface area contributed by atoms with Gasteiger partial charge in [-0.25, -0.2) is 0 Å². The first-order chi connectivity index (χ1) is 12.9. The molecule has 1 N–H and O–H groups in total. The smallest absolute Gasteiger partial charge is 0.297 e. The van der Waals surface area contributed by atoms with E-state index in [-0.39, 0.29) is 16.7 Å². The second-order valence-corrected chi connectivity index (χ2v) is 8.52. The molecule has 0 amide bonds. The minimum atomic E-state index is -3.88. The molecular formula is C21H26O5S. The van der Waals surface area contributed by atoms with E-state index in [2.05, 4.69) is 12.1 Å². The van der Waals surface area contributed by atoms with Crippen molar-refractivity contribution in [3.8, 4) is 11.5 Å². The molecule has 0 aliphatic heterocycles. The molecule has 2 aromatic carbocycles. The van der Waals surface area contributed by atoms with E-state index in [1.165, 1.54) is 17.7 Å². The van der Waals surface area contributed by atoms with Crippen molar-refractivity contribution < 1.29 is 22.4 Å². The molecule has 0 heterocycles. The van der Waals surface area contributed by atoms with Gasteiger partial charge in [0.15, 0.2) is 0 Å². The maximum Gasteiger partial charge on any atom is 0.297 e. The van der Waals surface area contributed by atoms with E-state index in [1.807, 2.05) is 19.1 Å². The number of phenols is 1. The zero-order valence-electron chi connectivity index (χ0n) is 15.7. The first kappa shape index (κ1) is 19.7. The van der Waals surface area contributed by atoms with Gasteiger partial charge in [0.2, 0.25) is 0 Å². The van der Waals surface area contributed by atoms with Crippen LogP contribution in [0.25, 0.3) is 0 Å². The van der Waals surface area contributed by atoms with Gasteiger partial charge in [0.1, 0.15) is 16.4 Å². The van der Waals surface area contributed by atoms with Crippen molar-refractivity contribution in [3.05, 3.63) is 53.6 Å². The highest BCUT2D eigenvalue weighted by Gasteiger charge is 2.28. The molecule has 5 nitrogen and oxygen atoms in total. The molecule has 1 fully saturated rings. The van der Waals surface area contributed by atoms with Crippen LogP contribution in [0.15, 0.2) is 47.4 Å². The normalized spacial score (nSPS) is 20.4. The third-order valence-corrected chi connectivity index (χ3v) is 6.54. The van der Waals surface area contributed by atoms with Crippen molar-refractivity contribution in [2.75, 3.05) is 6.61 Å². The number of rotatable bonds is 6. The molecule has 6 heteroatoms. The predicted octanol–water partition coefficient (Wildman–Crippen LogP) is 4.53. The molecule has 0 spiro atoms. The third kappa shape index (κ3) is 4.82. The topological polar surface area (TPSA) is 72.8 Å². The van der Waals surface area contributed by atoms with E-state index >= 15 is 0 Å². The fourth-order valence-electron chi connectivity index (χ4n) is 3.58. The van der Waals surface area contributed by atoms with Crippen LogP contribution in [0.1, 0.15) is 49.7 Å². The molecule has 0 bridgehead atoms. The Balaban J connectivity index is 1.61. The molecule has 146 valence electrons. The minimum absolute atomic E-state index is 0.0381. The number of hydrogen-bond acceptors (Lipinski definition) is 5. The van der Waals surface area contributed by atoms with Crippen LogP contribution in [-0.2, 0) is 14.3 Å². The standard InChI is InChI=1S/C21H26O5S/c1-3-25-19-10-5-16(6-11-19)17-7-12-20(13-8-17)26-27(23,24)21-14-18(22)9-4-15(21)2/h4-6,9-11,14,17,20,22H,3,7-8,12-13H2,1-2H3/t17-,20-. The Morgan fingerprint density at radius 3 is 2.33 bits per heavy atom. The first-order valence-electron chi connectivity index (χ1n) is 9.34. The molecule has 0 unspecified atom stereocenters. The Bertz CT molecular complexity index is 866. The van der Waals surface area contributed by atoms with E-state index in [0.29, 0.717) is 30.9 Å². The second-order valence-electron chi connectivity index (χ2n) is 6.98. The summed E-state index contributed by atoms with van der Waals surface area (Å²) in [4.78, 5) is 0.0381. The van der Waals surface area contributed by atoms with E-state index in [9.17, 15) is 13.5 Å². The fourth-order valence-corrected chi connectivity index (χ4v) is 4.97. The van der Waals surface area contributed by atoms with Crippen molar-refractivity contribution in [2.24, 2.45) is 0 Å². The maximum absolute atomic E-state index is 12.6. The van der Waals surface area contributed by atoms with Gasteiger partial charge in [0.05, 0.1) is 12.7 Å². The molecule has 0 aromatic heterocycles. The Kier molecular flexibility index (Phi) is 6.07. The first-order valence-corrected chi connectivity index (χ1v) is 10.8. The molecule has 0 radical (unpaired) electrons. The van der Waals surface area contributed by atoms with Crippen molar-refractivity contribution in [1.82, 2.24) is 0 Å². The van der Waals surface area contributed by atoms with E-state index in [1.54, 1.807) is 13.0 Å². The van der Waals surface area contributed by atoms with Gasteiger partial charge in [-0.2, -0.15) is 8.42 Å². The van der Waals surface area contributed by atoms with Gasteiger partial charge >= 0.3 is 0 Å². The second kappa shape index (κ2) is 8.31. The summed E-state index contributed by atoms with van der Waals surface area (Å²) in [5.74, 6) is 1.19. The zero-order chi connectivity index (χ0) is 19.4.